The van der Waals surface area contributed by atoms with Gasteiger partial charge in [-0.15, -0.1) is 0 Å². The molecule has 0 unspecified atom stereocenters. The highest BCUT2D eigenvalue weighted by Crippen LogP contribution is 2.21. The molecule has 0 atom stereocenters. The number of ether oxygens (including phenoxy) is 1. The van der Waals surface area contributed by atoms with Gasteiger partial charge in [0.1, 0.15) is 5.60 Å². The van der Waals surface area contributed by atoms with Crippen molar-refractivity contribution in [3.63, 3.8) is 0 Å². The van der Waals surface area contributed by atoms with Crippen LogP contribution in [0.15, 0.2) is 77.7 Å². The monoisotopic (exact) mass is 440 g/mol. The van der Waals surface area contributed by atoms with Crippen LogP contribution in [0.3, 0.4) is 0 Å². The number of hydrogen-bond acceptors (Lipinski definition) is 4. The Hall–Kier alpha value is -3.39. The third-order valence-corrected chi connectivity index (χ3v) is 5.32. The number of aromatic nitrogens is 1. The molecule has 0 saturated carbocycles. The highest BCUT2D eigenvalue weighted by Gasteiger charge is 2.10. The van der Waals surface area contributed by atoms with Crippen molar-refractivity contribution in [3.05, 3.63) is 90.0 Å². The fourth-order valence-corrected chi connectivity index (χ4v) is 3.23. The lowest BCUT2D eigenvalue weighted by atomic mass is 10.1. The maximum Gasteiger partial charge on any atom is 0.181 e. The summed E-state index contributed by atoms with van der Waals surface area (Å²) in [6.07, 6.45) is 11.5. The maximum absolute atomic E-state index is 5.40. The molecule has 1 aromatic heterocycles. The second-order valence-electron chi connectivity index (χ2n) is 8.28. The highest BCUT2D eigenvalue weighted by molar-refractivity contribution is 5.72. The molecule has 0 N–H and O–H groups in total. The summed E-state index contributed by atoms with van der Waals surface area (Å²) in [5.41, 5.74) is 4.18. The van der Waals surface area contributed by atoms with Gasteiger partial charge < -0.3 is 9.15 Å². The topological polar surface area (TPSA) is 38.5 Å². The summed E-state index contributed by atoms with van der Waals surface area (Å²) in [5, 5.41) is 0. The molecule has 0 aliphatic carbocycles. The Bertz CT molecular complexity index is 1130. The van der Waals surface area contributed by atoms with E-state index in [2.05, 4.69) is 83.3 Å². The van der Waals surface area contributed by atoms with Crippen molar-refractivity contribution in [2.45, 2.75) is 32.9 Å². The summed E-state index contributed by atoms with van der Waals surface area (Å²) < 4.78 is 10.7. The van der Waals surface area contributed by atoms with Crippen LogP contribution in [0.4, 0.5) is 0 Å². The van der Waals surface area contributed by atoms with E-state index < -0.39 is 5.60 Å². The van der Waals surface area contributed by atoms with Crippen molar-refractivity contribution >= 4 is 12.2 Å². The fraction of sp³-hybridized carbons (Fsp3) is 0.276. The predicted octanol–water partition coefficient (Wildman–Crippen LogP) is 6.32. The Balaban J connectivity index is 1.61. The van der Waals surface area contributed by atoms with Crippen LogP contribution in [-0.2, 0) is 11.3 Å². The van der Waals surface area contributed by atoms with Crippen LogP contribution < -0.4 is 0 Å². The number of oxazole rings is 1. The molecule has 0 aliphatic rings. The van der Waals surface area contributed by atoms with Crippen molar-refractivity contribution in [2.24, 2.45) is 0 Å². The second-order valence-corrected chi connectivity index (χ2v) is 8.28. The first-order valence-electron chi connectivity index (χ1n) is 11.2. The van der Waals surface area contributed by atoms with Gasteiger partial charge in [-0.3, -0.25) is 4.90 Å². The third kappa shape index (κ3) is 7.91. The van der Waals surface area contributed by atoms with E-state index in [4.69, 9.17) is 9.15 Å². The van der Waals surface area contributed by atoms with Crippen LogP contribution in [0.5, 0.6) is 0 Å². The van der Waals surface area contributed by atoms with Crippen molar-refractivity contribution in [3.8, 4) is 23.2 Å². The molecule has 3 rings (SSSR count). The van der Waals surface area contributed by atoms with Crippen molar-refractivity contribution in [1.29, 1.82) is 0 Å². The van der Waals surface area contributed by atoms with Crippen molar-refractivity contribution in [2.75, 3.05) is 20.2 Å². The van der Waals surface area contributed by atoms with E-state index in [1.807, 2.05) is 32.1 Å². The lowest BCUT2D eigenvalue weighted by molar-refractivity contribution is 0.0742. The summed E-state index contributed by atoms with van der Waals surface area (Å²) in [6.45, 7) is 8.81. The molecule has 170 valence electrons. The standard InChI is InChI=1S/C29H32N2O2/c1-5-31(18-8-6-7-17-29(2,3)32-4)22-26-13-9-11-24(19-26)15-16-25-12-10-14-27(20-25)28-21-30-23-33-28/h6,8-16,19-21,23H,5,18,22H2,1-4H3/b8-6+,16-15+. The molecule has 0 radical (unpaired) electrons. The van der Waals surface area contributed by atoms with Gasteiger partial charge >= 0.3 is 0 Å². The Labute approximate surface area is 197 Å². The molecule has 0 aliphatic heterocycles. The van der Waals surface area contributed by atoms with Gasteiger partial charge in [-0.1, -0.05) is 79.5 Å². The van der Waals surface area contributed by atoms with Crippen molar-refractivity contribution in [1.82, 2.24) is 9.88 Å². The van der Waals surface area contributed by atoms with Gasteiger partial charge in [0.25, 0.3) is 0 Å². The van der Waals surface area contributed by atoms with E-state index >= 15 is 0 Å². The lowest BCUT2D eigenvalue weighted by Crippen LogP contribution is -2.22. The second kappa shape index (κ2) is 12.0. The maximum atomic E-state index is 5.40. The van der Waals surface area contributed by atoms with Crippen LogP contribution in [0.2, 0.25) is 0 Å². The molecule has 0 bridgehead atoms. The SMILES string of the molecule is CCN(C/C=C/C#CC(C)(C)OC)Cc1cccc(/C=C/c2cccc(-c3cnco3)c2)c1. The minimum absolute atomic E-state index is 0.417. The quantitative estimate of drug-likeness (QED) is 0.288. The highest BCUT2D eigenvalue weighted by atomic mass is 16.5. The molecular weight excluding hydrogens is 408 g/mol. The molecule has 0 amide bonds. The largest absolute Gasteiger partial charge is 0.444 e. The zero-order valence-electron chi connectivity index (χ0n) is 19.9. The van der Waals surface area contributed by atoms with Gasteiger partial charge in [-0.05, 0) is 49.2 Å². The summed E-state index contributed by atoms with van der Waals surface area (Å²) in [5.74, 6) is 6.95. The summed E-state index contributed by atoms with van der Waals surface area (Å²) in [6, 6.07) is 16.9. The summed E-state index contributed by atoms with van der Waals surface area (Å²) in [4.78, 5) is 6.38. The van der Waals surface area contributed by atoms with Gasteiger partial charge in [-0.2, -0.15) is 0 Å². The Morgan fingerprint density at radius 1 is 1.09 bits per heavy atom. The van der Waals surface area contributed by atoms with E-state index in [9.17, 15) is 0 Å². The number of methoxy groups -OCH3 is 1. The minimum Gasteiger partial charge on any atom is -0.444 e. The van der Waals surface area contributed by atoms with Gasteiger partial charge in [-0.25, -0.2) is 4.98 Å². The lowest BCUT2D eigenvalue weighted by Gasteiger charge is -2.18. The van der Waals surface area contributed by atoms with Crippen LogP contribution in [-0.4, -0.2) is 35.7 Å². The molecule has 4 nitrogen and oxygen atoms in total. The summed E-state index contributed by atoms with van der Waals surface area (Å²) >= 11 is 0. The molecule has 0 spiro atoms. The molecule has 3 aromatic rings. The van der Waals surface area contributed by atoms with Crippen LogP contribution in [0.1, 0.15) is 37.5 Å². The first-order valence-corrected chi connectivity index (χ1v) is 11.2. The number of nitrogens with zero attached hydrogens (tertiary/aromatic N) is 2. The van der Waals surface area contributed by atoms with E-state index in [0.717, 1.165) is 36.5 Å². The normalized spacial score (nSPS) is 11.9. The number of allylic oxidation sites excluding steroid dienone is 1. The minimum atomic E-state index is -0.417. The van der Waals surface area contributed by atoms with Gasteiger partial charge in [0.15, 0.2) is 12.2 Å². The number of rotatable bonds is 9. The van der Waals surface area contributed by atoms with Crippen LogP contribution >= 0.6 is 0 Å². The predicted molar refractivity (Wildman–Crippen MR) is 136 cm³/mol. The Kier molecular flexibility index (Phi) is 8.83. The first-order chi connectivity index (χ1) is 16.0. The number of likely N-dealkylation sites (N-methyl/N-ethyl adjacent to an activating group) is 1. The van der Waals surface area contributed by atoms with E-state index in [1.54, 1.807) is 13.3 Å². The average molecular weight is 441 g/mol. The zero-order chi connectivity index (χ0) is 23.5. The molecule has 33 heavy (non-hydrogen) atoms. The molecule has 0 saturated heterocycles. The Morgan fingerprint density at radius 2 is 1.85 bits per heavy atom. The molecule has 0 fully saturated rings. The molecule has 2 aromatic carbocycles. The van der Waals surface area contributed by atoms with Gasteiger partial charge in [0, 0.05) is 25.8 Å². The van der Waals surface area contributed by atoms with Gasteiger partial charge in [0.05, 0.1) is 6.20 Å². The Morgan fingerprint density at radius 3 is 2.55 bits per heavy atom. The van der Waals surface area contributed by atoms with Crippen molar-refractivity contribution < 1.29 is 9.15 Å². The van der Waals surface area contributed by atoms with E-state index in [-0.39, 0.29) is 0 Å². The van der Waals surface area contributed by atoms with E-state index in [0.29, 0.717) is 0 Å². The molecule has 4 heteroatoms. The average Bonchev–Trinajstić information content (AvgIpc) is 3.37. The molecule has 1 heterocycles. The number of hydrogen-bond donors (Lipinski definition) is 0. The van der Waals surface area contributed by atoms with Crippen LogP contribution in [0, 0.1) is 11.8 Å². The fourth-order valence-electron chi connectivity index (χ4n) is 3.23. The van der Waals surface area contributed by atoms with E-state index in [1.165, 1.54) is 17.5 Å². The summed E-state index contributed by atoms with van der Waals surface area (Å²) in [7, 11) is 1.68. The smallest absolute Gasteiger partial charge is 0.181 e. The third-order valence-electron chi connectivity index (χ3n) is 5.32. The zero-order valence-corrected chi connectivity index (χ0v) is 19.9. The number of benzene rings is 2. The van der Waals surface area contributed by atoms with Crippen LogP contribution in [0.25, 0.3) is 23.5 Å². The first kappa shape index (κ1) is 24.3. The van der Waals surface area contributed by atoms with Gasteiger partial charge in [0.2, 0.25) is 0 Å². The molecular formula is C29H32N2O2.